The molecule has 92 valence electrons. The lowest BCUT2D eigenvalue weighted by atomic mass is 10.2. The highest BCUT2D eigenvalue weighted by Crippen LogP contribution is 2.04. The molecule has 0 spiro atoms. The average molecular weight is 236 g/mol. The third-order valence-electron chi connectivity index (χ3n) is 2.13. The highest BCUT2D eigenvalue weighted by molar-refractivity contribution is 5.81. The van der Waals surface area contributed by atoms with E-state index in [4.69, 9.17) is 9.84 Å². The first-order chi connectivity index (χ1) is 8.26. The van der Waals surface area contributed by atoms with Crippen molar-refractivity contribution < 1.29 is 19.4 Å². The van der Waals surface area contributed by atoms with Gasteiger partial charge in [0.2, 0.25) is 0 Å². The van der Waals surface area contributed by atoms with Gasteiger partial charge in [0.25, 0.3) is 0 Å². The molecule has 0 fully saturated rings. The van der Waals surface area contributed by atoms with Crippen LogP contribution in [-0.2, 0) is 20.9 Å². The number of hydrogen-bond donors (Lipinski definition) is 1. The summed E-state index contributed by atoms with van der Waals surface area (Å²) in [6.45, 7) is 0.206. The van der Waals surface area contributed by atoms with Crippen molar-refractivity contribution in [2.24, 2.45) is 0 Å². The molecule has 0 bridgehead atoms. The van der Waals surface area contributed by atoms with Gasteiger partial charge in [-0.2, -0.15) is 0 Å². The van der Waals surface area contributed by atoms with Crippen LogP contribution in [0.3, 0.4) is 0 Å². The number of ether oxygens (including phenoxy) is 2. The van der Waals surface area contributed by atoms with Crippen LogP contribution in [0.25, 0.3) is 0 Å². The van der Waals surface area contributed by atoms with Gasteiger partial charge >= 0.3 is 5.97 Å². The maximum Gasteiger partial charge on any atom is 0.330 e. The SMILES string of the molecule is COC(=O)/C=C/[C@H](CO)OCc1ccccc1. The van der Waals surface area contributed by atoms with E-state index in [0.29, 0.717) is 6.61 Å². The van der Waals surface area contributed by atoms with Crippen molar-refractivity contribution in [2.45, 2.75) is 12.7 Å². The van der Waals surface area contributed by atoms with Gasteiger partial charge in [-0.3, -0.25) is 0 Å². The number of aliphatic hydroxyl groups excluding tert-OH is 1. The van der Waals surface area contributed by atoms with Gasteiger partial charge in [0.1, 0.15) is 0 Å². The molecule has 0 saturated heterocycles. The Bertz CT molecular complexity index is 359. The molecule has 1 rings (SSSR count). The van der Waals surface area contributed by atoms with Crippen molar-refractivity contribution in [3.8, 4) is 0 Å². The van der Waals surface area contributed by atoms with E-state index in [1.54, 1.807) is 0 Å². The Labute approximate surface area is 100 Å². The summed E-state index contributed by atoms with van der Waals surface area (Å²) in [5.41, 5.74) is 1.01. The second-order valence-electron chi connectivity index (χ2n) is 3.40. The van der Waals surface area contributed by atoms with E-state index in [0.717, 1.165) is 5.56 Å². The lowest BCUT2D eigenvalue weighted by Crippen LogP contribution is -2.15. The fourth-order valence-corrected chi connectivity index (χ4v) is 1.20. The molecule has 1 aromatic carbocycles. The maximum absolute atomic E-state index is 10.9. The fourth-order valence-electron chi connectivity index (χ4n) is 1.20. The number of esters is 1. The summed E-state index contributed by atoms with van der Waals surface area (Å²) in [6.07, 6.45) is 2.22. The van der Waals surface area contributed by atoms with Gasteiger partial charge in [0.05, 0.1) is 26.4 Å². The maximum atomic E-state index is 10.9. The Kier molecular flexibility index (Phi) is 5.99. The van der Waals surface area contributed by atoms with Crippen LogP contribution in [0.2, 0.25) is 0 Å². The minimum absolute atomic E-state index is 0.180. The smallest absolute Gasteiger partial charge is 0.330 e. The molecule has 0 aliphatic carbocycles. The monoisotopic (exact) mass is 236 g/mol. The number of carbonyl (C=O) groups excluding carboxylic acids is 1. The molecule has 1 aromatic rings. The fraction of sp³-hybridized carbons (Fsp3) is 0.308. The molecule has 0 saturated carbocycles. The number of rotatable bonds is 6. The first-order valence-corrected chi connectivity index (χ1v) is 5.28. The first kappa shape index (κ1) is 13.4. The van der Waals surface area contributed by atoms with Crippen molar-refractivity contribution in [1.29, 1.82) is 0 Å². The van der Waals surface area contributed by atoms with Gasteiger partial charge in [0, 0.05) is 6.08 Å². The Balaban J connectivity index is 2.42. The van der Waals surface area contributed by atoms with Gasteiger partial charge in [-0.15, -0.1) is 0 Å². The minimum Gasteiger partial charge on any atom is -0.466 e. The quantitative estimate of drug-likeness (QED) is 0.597. The first-order valence-electron chi connectivity index (χ1n) is 5.28. The summed E-state index contributed by atoms with van der Waals surface area (Å²) < 4.78 is 9.87. The Morgan fingerprint density at radius 1 is 1.41 bits per heavy atom. The number of hydrogen-bond acceptors (Lipinski definition) is 4. The molecule has 0 aliphatic heterocycles. The molecule has 1 atom stereocenters. The lowest BCUT2D eigenvalue weighted by molar-refractivity contribution is -0.134. The van der Waals surface area contributed by atoms with Gasteiger partial charge in [0.15, 0.2) is 0 Å². The number of benzene rings is 1. The van der Waals surface area contributed by atoms with E-state index < -0.39 is 12.1 Å². The summed E-state index contributed by atoms with van der Waals surface area (Å²) in [6, 6.07) is 9.61. The number of carbonyl (C=O) groups is 1. The van der Waals surface area contributed by atoms with Gasteiger partial charge in [-0.05, 0) is 11.6 Å². The Morgan fingerprint density at radius 2 is 2.12 bits per heavy atom. The van der Waals surface area contributed by atoms with Gasteiger partial charge in [-0.1, -0.05) is 30.3 Å². The van der Waals surface area contributed by atoms with Crippen molar-refractivity contribution >= 4 is 5.97 Å². The molecular formula is C13H16O4. The van der Waals surface area contributed by atoms with E-state index in [2.05, 4.69) is 4.74 Å². The van der Waals surface area contributed by atoms with Crippen LogP contribution >= 0.6 is 0 Å². The second kappa shape index (κ2) is 7.60. The summed E-state index contributed by atoms with van der Waals surface area (Å²) in [5.74, 6) is -0.466. The van der Waals surface area contributed by atoms with Gasteiger partial charge < -0.3 is 14.6 Å². The molecule has 1 N–H and O–H groups in total. The van der Waals surface area contributed by atoms with Crippen molar-refractivity contribution in [3.63, 3.8) is 0 Å². The van der Waals surface area contributed by atoms with Crippen LogP contribution in [-0.4, -0.2) is 30.9 Å². The van der Waals surface area contributed by atoms with Crippen molar-refractivity contribution in [2.75, 3.05) is 13.7 Å². The summed E-state index contributed by atoms with van der Waals surface area (Å²) in [4.78, 5) is 10.9. The Morgan fingerprint density at radius 3 is 2.71 bits per heavy atom. The van der Waals surface area contributed by atoms with Crippen molar-refractivity contribution in [1.82, 2.24) is 0 Å². The zero-order chi connectivity index (χ0) is 12.5. The third-order valence-corrected chi connectivity index (χ3v) is 2.13. The topological polar surface area (TPSA) is 55.8 Å². The largest absolute Gasteiger partial charge is 0.466 e. The molecule has 0 heterocycles. The van der Waals surface area contributed by atoms with Crippen LogP contribution in [0, 0.1) is 0 Å². The predicted octanol–water partition coefficient (Wildman–Crippen LogP) is 1.29. The molecular weight excluding hydrogens is 220 g/mol. The zero-order valence-electron chi connectivity index (χ0n) is 9.70. The standard InChI is InChI=1S/C13H16O4/c1-16-13(15)8-7-12(9-14)17-10-11-5-3-2-4-6-11/h2-8,12,14H,9-10H2,1H3/b8-7+/t12-/m1/s1. The van der Waals surface area contributed by atoms with Crippen LogP contribution in [0.4, 0.5) is 0 Å². The molecule has 0 amide bonds. The van der Waals surface area contributed by atoms with Crippen LogP contribution in [0.15, 0.2) is 42.5 Å². The molecule has 4 heteroatoms. The summed E-state index contributed by atoms with van der Waals surface area (Å²) in [5, 5.41) is 9.06. The van der Waals surface area contributed by atoms with E-state index in [1.165, 1.54) is 19.3 Å². The summed E-state index contributed by atoms with van der Waals surface area (Å²) >= 11 is 0. The molecule has 4 nitrogen and oxygen atoms in total. The van der Waals surface area contributed by atoms with E-state index >= 15 is 0 Å². The second-order valence-corrected chi connectivity index (χ2v) is 3.40. The van der Waals surface area contributed by atoms with Gasteiger partial charge in [-0.25, -0.2) is 4.79 Å². The normalized spacial score (nSPS) is 12.6. The average Bonchev–Trinajstić information content (AvgIpc) is 2.39. The minimum atomic E-state index is -0.505. The highest BCUT2D eigenvalue weighted by atomic mass is 16.5. The molecule has 0 aromatic heterocycles. The van der Waals surface area contributed by atoms with Crippen LogP contribution < -0.4 is 0 Å². The van der Waals surface area contributed by atoms with Crippen molar-refractivity contribution in [3.05, 3.63) is 48.0 Å². The van der Waals surface area contributed by atoms with E-state index in [9.17, 15) is 4.79 Å². The highest BCUT2D eigenvalue weighted by Gasteiger charge is 2.04. The van der Waals surface area contributed by atoms with Crippen LogP contribution in [0.1, 0.15) is 5.56 Å². The molecule has 0 aliphatic rings. The number of methoxy groups -OCH3 is 1. The molecule has 0 unspecified atom stereocenters. The predicted molar refractivity (Wildman–Crippen MR) is 63.3 cm³/mol. The van der Waals surface area contributed by atoms with Crippen LogP contribution in [0.5, 0.6) is 0 Å². The third kappa shape index (κ3) is 5.29. The molecule has 0 radical (unpaired) electrons. The van der Waals surface area contributed by atoms with E-state index in [-0.39, 0.29) is 6.61 Å². The zero-order valence-corrected chi connectivity index (χ0v) is 9.70. The summed E-state index contributed by atoms with van der Waals surface area (Å²) in [7, 11) is 1.30. The Hall–Kier alpha value is -1.65. The van der Waals surface area contributed by atoms with E-state index in [1.807, 2.05) is 30.3 Å². The number of aliphatic hydroxyl groups is 1. The molecule has 17 heavy (non-hydrogen) atoms. The lowest BCUT2D eigenvalue weighted by Gasteiger charge is -2.11.